The maximum atomic E-state index is 11.7. The number of hydrogen-bond donors (Lipinski definition) is 2. The van der Waals surface area contributed by atoms with E-state index in [0.29, 0.717) is 19.5 Å². The van der Waals surface area contributed by atoms with Gasteiger partial charge in [-0.2, -0.15) is 0 Å². The maximum Gasteiger partial charge on any atom is 0.314 e. The summed E-state index contributed by atoms with van der Waals surface area (Å²) in [5.74, 6) is -3.43. The zero-order valence-corrected chi connectivity index (χ0v) is 11.7. The predicted octanol–water partition coefficient (Wildman–Crippen LogP) is 0.753. The Bertz CT molecular complexity index is 446. The van der Waals surface area contributed by atoms with Gasteiger partial charge in [0.05, 0.1) is 13.2 Å². The lowest BCUT2D eigenvalue weighted by atomic mass is 9.90. The number of carbonyl (C=O) groups excluding carboxylic acids is 1. The number of rotatable bonds is 4. The highest BCUT2D eigenvalue weighted by Gasteiger charge is 2.45. The second-order valence-corrected chi connectivity index (χ2v) is 5.17. The summed E-state index contributed by atoms with van der Waals surface area (Å²) < 4.78 is 4.89. The summed E-state index contributed by atoms with van der Waals surface area (Å²) in [5.41, 5.74) is 1.11. The summed E-state index contributed by atoms with van der Waals surface area (Å²) in [6, 6.07) is 9.83. The second kappa shape index (κ2) is 6.35. The first-order chi connectivity index (χ1) is 9.53. The molecule has 1 atom stereocenters. The van der Waals surface area contributed by atoms with Crippen molar-refractivity contribution in [2.24, 2.45) is 5.92 Å². The molecule has 2 N–H and O–H groups in total. The van der Waals surface area contributed by atoms with E-state index < -0.39 is 17.7 Å². The highest BCUT2D eigenvalue weighted by atomic mass is 16.5. The number of esters is 1. The molecule has 1 aliphatic rings. The summed E-state index contributed by atoms with van der Waals surface area (Å²) in [6.07, 6.45) is 0.388. The Morgan fingerprint density at radius 3 is 2.70 bits per heavy atom. The SMILES string of the molecule is CCOC(=O)C1CCN(Cc2ccccc2)CC1(O)O. The number of piperidine rings is 1. The van der Waals surface area contributed by atoms with E-state index in [1.165, 1.54) is 0 Å². The summed E-state index contributed by atoms with van der Waals surface area (Å²) in [7, 11) is 0. The largest absolute Gasteiger partial charge is 0.466 e. The summed E-state index contributed by atoms with van der Waals surface area (Å²) >= 11 is 0. The first-order valence-corrected chi connectivity index (χ1v) is 6.90. The summed E-state index contributed by atoms with van der Waals surface area (Å²) in [4.78, 5) is 13.7. The molecule has 1 aliphatic heterocycles. The summed E-state index contributed by atoms with van der Waals surface area (Å²) in [6.45, 7) is 3.28. The van der Waals surface area contributed by atoms with Gasteiger partial charge in [-0.25, -0.2) is 0 Å². The average Bonchev–Trinajstić information content (AvgIpc) is 2.39. The van der Waals surface area contributed by atoms with Crippen molar-refractivity contribution in [2.75, 3.05) is 19.7 Å². The number of β-amino-alcohol motifs (C(OH)–C–C–N with tert-alkyl or cyclic N) is 2. The molecule has 1 fully saturated rings. The van der Waals surface area contributed by atoms with E-state index in [-0.39, 0.29) is 13.2 Å². The highest BCUT2D eigenvalue weighted by Crippen LogP contribution is 2.27. The standard InChI is InChI=1S/C15H21NO4/c1-2-20-14(17)13-8-9-16(11-15(13,18)19)10-12-6-4-3-5-7-12/h3-7,13,18-19H,2,8-11H2,1H3. The van der Waals surface area contributed by atoms with Crippen LogP contribution in [0.3, 0.4) is 0 Å². The quantitative estimate of drug-likeness (QED) is 0.629. The molecule has 20 heavy (non-hydrogen) atoms. The van der Waals surface area contributed by atoms with E-state index in [1.54, 1.807) is 6.92 Å². The van der Waals surface area contributed by atoms with Crippen LogP contribution in [-0.2, 0) is 16.1 Å². The van der Waals surface area contributed by atoms with Crippen LogP contribution in [0.5, 0.6) is 0 Å². The van der Waals surface area contributed by atoms with Gasteiger partial charge in [-0.15, -0.1) is 0 Å². The molecular formula is C15H21NO4. The molecule has 2 rings (SSSR count). The van der Waals surface area contributed by atoms with Crippen molar-refractivity contribution < 1.29 is 19.7 Å². The van der Waals surface area contributed by atoms with Crippen molar-refractivity contribution in [1.29, 1.82) is 0 Å². The third-order valence-corrected chi connectivity index (χ3v) is 3.57. The Labute approximate surface area is 118 Å². The van der Waals surface area contributed by atoms with E-state index >= 15 is 0 Å². The van der Waals surface area contributed by atoms with Gasteiger partial charge in [0.25, 0.3) is 0 Å². The molecular weight excluding hydrogens is 258 g/mol. The van der Waals surface area contributed by atoms with Gasteiger partial charge in [-0.1, -0.05) is 30.3 Å². The van der Waals surface area contributed by atoms with E-state index in [1.807, 2.05) is 35.2 Å². The molecule has 0 spiro atoms. The van der Waals surface area contributed by atoms with Gasteiger partial charge in [-0.3, -0.25) is 9.69 Å². The van der Waals surface area contributed by atoms with Gasteiger partial charge >= 0.3 is 5.97 Å². The number of likely N-dealkylation sites (tertiary alicyclic amines) is 1. The number of nitrogens with zero attached hydrogens (tertiary/aromatic N) is 1. The van der Waals surface area contributed by atoms with Gasteiger partial charge in [0, 0.05) is 6.54 Å². The highest BCUT2D eigenvalue weighted by molar-refractivity contribution is 5.73. The Morgan fingerprint density at radius 1 is 1.40 bits per heavy atom. The maximum absolute atomic E-state index is 11.7. The zero-order chi connectivity index (χ0) is 14.6. The fourth-order valence-corrected chi connectivity index (χ4v) is 2.59. The molecule has 0 aromatic heterocycles. The molecule has 0 saturated carbocycles. The lowest BCUT2D eigenvalue weighted by molar-refractivity contribution is -0.235. The molecule has 1 aromatic carbocycles. The number of benzene rings is 1. The van der Waals surface area contributed by atoms with Crippen LogP contribution in [0.25, 0.3) is 0 Å². The van der Waals surface area contributed by atoms with Crippen LogP contribution in [0.4, 0.5) is 0 Å². The fraction of sp³-hybridized carbons (Fsp3) is 0.533. The van der Waals surface area contributed by atoms with Crippen LogP contribution in [-0.4, -0.2) is 46.6 Å². The normalized spacial score (nSPS) is 22.4. The van der Waals surface area contributed by atoms with Gasteiger partial charge < -0.3 is 14.9 Å². The van der Waals surface area contributed by atoms with Crippen LogP contribution in [0.2, 0.25) is 0 Å². The molecule has 0 amide bonds. The fourth-order valence-electron chi connectivity index (χ4n) is 2.59. The van der Waals surface area contributed by atoms with Crippen LogP contribution in [0.15, 0.2) is 30.3 Å². The lowest BCUT2D eigenvalue weighted by Crippen LogP contribution is -2.56. The Hall–Kier alpha value is -1.43. The molecule has 0 aliphatic carbocycles. The van der Waals surface area contributed by atoms with Crippen molar-refractivity contribution in [2.45, 2.75) is 25.7 Å². The monoisotopic (exact) mass is 279 g/mol. The molecule has 5 nitrogen and oxygen atoms in total. The number of carbonyl (C=O) groups is 1. The minimum atomic E-state index is -2.03. The van der Waals surface area contributed by atoms with Crippen LogP contribution in [0, 0.1) is 5.92 Å². The van der Waals surface area contributed by atoms with Crippen molar-refractivity contribution in [3.8, 4) is 0 Å². The molecule has 5 heteroatoms. The lowest BCUT2D eigenvalue weighted by Gasteiger charge is -2.40. The number of hydrogen-bond acceptors (Lipinski definition) is 5. The molecule has 1 unspecified atom stereocenters. The smallest absolute Gasteiger partial charge is 0.314 e. The van der Waals surface area contributed by atoms with E-state index in [9.17, 15) is 15.0 Å². The Kier molecular flexibility index (Phi) is 4.75. The number of aliphatic hydroxyl groups is 2. The van der Waals surface area contributed by atoms with Crippen molar-refractivity contribution >= 4 is 5.97 Å². The van der Waals surface area contributed by atoms with E-state index in [4.69, 9.17) is 4.74 Å². The average molecular weight is 279 g/mol. The summed E-state index contributed by atoms with van der Waals surface area (Å²) in [5, 5.41) is 20.2. The molecule has 1 heterocycles. The van der Waals surface area contributed by atoms with Gasteiger partial charge in [0.15, 0.2) is 5.79 Å². The topological polar surface area (TPSA) is 70.0 Å². The molecule has 1 saturated heterocycles. The molecule has 0 bridgehead atoms. The minimum Gasteiger partial charge on any atom is -0.466 e. The van der Waals surface area contributed by atoms with Crippen molar-refractivity contribution in [1.82, 2.24) is 4.90 Å². The molecule has 1 aromatic rings. The third-order valence-electron chi connectivity index (χ3n) is 3.57. The van der Waals surface area contributed by atoms with Crippen molar-refractivity contribution in [3.63, 3.8) is 0 Å². The molecule has 110 valence electrons. The van der Waals surface area contributed by atoms with Gasteiger partial charge in [-0.05, 0) is 25.5 Å². The first kappa shape index (κ1) is 15.0. The minimum absolute atomic E-state index is 0.0470. The van der Waals surface area contributed by atoms with Crippen LogP contribution in [0.1, 0.15) is 18.9 Å². The molecule has 0 radical (unpaired) electrons. The van der Waals surface area contributed by atoms with Gasteiger partial charge in [0.1, 0.15) is 5.92 Å². The Balaban J connectivity index is 1.97. The Morgan fingerprint density at radius 2 is 2.10 bits per heavy atom. The van der Waals surface area contributed by atoms with E-state index in [2.05, 4.69) is 0 Å². The van der Waals surface area contributed by atoms with E-state index in [0.717, 1.165) is 5.56 Å². The van der Waals surface area contributed by atoms with Crippen molar-refractivity contribution in [3.05, 3.63) is 35.9 Å². The second-order valence-electron chi connectivity index (χ2n) is 5.17. The van der Waals surface area contributed by atoms with Crippen LogP contribution < -0.4 is 0 Å². The number of ether oxygens (including phenoxy) is 1. The van der Waals surface area contributed by atoms with Crippen LogP contribution >= 0.6 is 0 Å². The third kappa shape index (κ3) is 3.56. The predicted molar refractivity (Wildman–Crippen MR) is 73.6 cm³/mol. The zero-order valence-electron chi connectivity index (χ0n) is 11.7. The first-order valence-electron chi connectivity index (χ1n) is 6.90. The van der Waals surface area contributed by atoms with Gasteiger partial charge in [0.2, 0.25) is 0 Å².